The van der Waals surface area contributed by atoms with Crippen LogP contribution in [-0.4, -0.2) is 30.7 Å². The van der Waals surface area contributed by atoms with E-state index in [0.29, 0.717) is 11.1 Å². The first-order valence-electron chi connectivity index (χ1n) is 11.2. The first kappa shape index (κ1) is 24.8. The first-order chi connectivity index (χ1) is 17.0. The summed E-state index contributed by atoms with van der Waals surface area (Å²) in [5.74, 6) is -1.13. The number of nitrogens with zero attached hydrogens (tertiary/aromatic N) is 2. The molecule has 0 fully saturated rings. The molecule has 0 bridgehead atoms. The molecular formula is C29H24N2O4S. The molecule has 4 rings (SSSR count). The Labute approximate surface area is 210 Å². The quantitative estimate of drug-likeness (QED) is 0.270. The van der Waals surface area contributed by atoms with Crippen LogP contribution >= 0.6 is 0 Å². The number of benzene rings is 3. The zero-order valence-corrected chi connectivity index (χ0v) is 20.9. The van der Waals surface area contributed by atoms with E-state index in [1.807, 2.05) is 56.3 Å². The van der Waals surface area contributed by atoms with Crippen LogP contribution in [-0.2, 0) is 20.0 Å². The number of carboxylic acid groups (broad SMARTS) is 1. The number of hydrogen-bond donors (Lipinski definition) is 1. The van der Waals surface area contributed by atoms with Crippen molar-refractivity contribution in [1.82, 2.24) is 4.98 Å². The predicted molar refractivity (Wildman–Crippen MR) is 141 cm³/mol. The van der Waals surface area contributed by atoms with Crippen LogP contribution in [0.25, 0.3) is 33.7 Å². The van der Waals surface area contributed by atoms with Gasteiger partial charge in [0.15, 0.2) is 9.84 Å². The van der Waals surface area contributed by atoms with E-state index in [1.54, 1.807) is 18.3 Å². The summed E-state index contributed by atoms with van der Waals surface area (Å²) >= 11 is 0. The van der Waals surface area contributed by atoms with Gasteiger partial charge in [-0.05, 0) is 78.6 Å². The third kappa shape index (κ3) is 5.04. The number of fused-ring (bicyclic) bond motifs is 1. The zero-order chi connectivity index (χ0) is 26.1. The van der Waals surface area contributed by atoms with Gasteiger partial charge in [0.25, 0.3) is 0 Å². The van der Waals surface area contributed by atoms with Gasteiger partial charge >= 0.3 is 5.97 Å². The molecule has 0 aliphatic heterocycles. The summed E-state index contributed by atoms with van der Waals surface area (Å²) in [4.78, 5) is 16.8. The molecule has 36 heavy (non-hydrogen) atoms. The summed E-state index contributed by atoms with van der Waals surface area (Å²) in [6.45, 7) is 3.73. The van der Waals surface area contributed by atoms with Crippen molar-refractivity contribution in [3.05, 3.63) is 95.7 Å². The fourth-order valence-corrected chi connectivity index (χ4v) is 4.58. The number of carbonyl (C=O) groups is 1. The van der Waals surface area contributed by atoms with Gasteiger partial charge in [-0.2, -0.15) is 5.26 Å². The highest BCUT2D eigenvalue weighted by molar-refractivity contribution is 7.90. The second-order valence-corrected chi connectivity index (χ2v) is 11.1. The standard InChI is InChI=1S/C29H24N2O4S/c1-29(2,18-30)23-16-22-8-5-13-31-27(22)25(17-23)21-7-4-6-19(14-21)15-26(28(32)33)20-9-11-24(12-10-20)36(3,34)35/h4-17H,1-3H3,(H,32,33)/b26-15+. The molecule has 1 N–H and O–H groups in total. The monoisotopic (exact) mass is 496 g/mol. The fraction of sp³-hybridized carbons (Fsp3) is 0.138. The molecule has 0 spiro atoms. The van der Waals surface area contributed by atoms with Gasteiger partial charge in [-0.15, -0.1) is 0 Å². The molecular weight excluding hydrogens is 472 g/mol. The molecule has 0 aliphatic carbocycles. The smallest absolute Gasteiger partial charge is 0.336 e. The minimum atomic E-state index is -3.39. The zero-order valence-electron chi connectivity index (χ0n) is 20.1. The van der Waals surface area contributed by atoms with Gasteiger partial charge in [-0.3, -0.25) is 4.98 Å². The van der Waals surface area contributed by atoms with Crippen molar-refractivity contribution in [1.29, 1.82) is 5.26 Å². The Morgan fingerprint density at radius 3 is 2.39 bits per heavy atom. The maximum atomic E-state index is 12.1. The molecule has 180 valence electrons. The highest BCUT2D eigenvalue weighted by atomic mass is 32.2. The molecule has 0 saturated heterocycles. The largest absolute Gasteiger partial charge is 0.478 e. The van der Waals surface area contributed by atoms with E-state index in [4.69, 9.17) is 0 Å². The van der Waals surface area contributed by atoms with E-state index in [1.165, 1.54) is 24.3 Å². The number of hydrogen-bond acceptors (Lipinski definition) is 5. The third-order valence-electron chi connectivity index (χ3n) is 6.04. The summed E-state index contributed by atoms with van der Waals surface area (Å²) in [6.07, 6.45) is 4.38. The van der Waals surface area contributed by atoms with E-state index >= 15 is 0 Å². The average Bonchev–Trinajstić information content (AvgIpc) is 2.86. The molecule has 0 amide bonds. The van der Waals surface area contributed by atoms with E-state index in [-0.39, 0.29) is 10.5 Å². The van der Waals surface area contributed by atoms with Gasteiger partial charge in [-0.25, -0.2) is 13.2 Å². The minimum absolute atomic E-state index is 0.0366. The molecule has 0 radical (unpaired) electrons. The predicted octanol–water partition coefficient (Wildman–Crippen LogP) is 5.73. The molecule has 1 heterocycles. The van der Waals surface area contributed by atoms with Crippen LogP contribution in [0.5, 0.6) is 0 Å². The molecule has 7 heteroatoms. The van der Waals surface area contributed by atoms with Crippen molar-refractivity contribution in [2.45, 2.75) is 24.2 Å². The number of sulfone groups is 1. The van der Waals surface area contributed by atoms with E-state index in [9.17, 15) is 23.6 Å². The lowest BCUT2D eigenvalue weighted by Gasteiger charge is -2.19. The van der Waals surface area contributed by atoms with Crippen LogP contribution < -0.4 is 0 Å². The summed E-state index contributed by atoms with van der Waals surface area (Å²) in [5.41, 5.74) is 3.71. The van der Waals surface area contributed by atoms with Crippen LogP contribution in [0.15, 0.2) is 83.9 Å². The Balaban J connectivity index is 1.84. The number of aromatic nitrogens is 1. The van der Waals surface area contributed by atoms with Crippen molar-refractivity contribution >= 4 is 38.4 Å². The van der Waals surface area contributed by atoms with Crippen molar-refractivity contribution in [2.24, 2.45) is 0 Å². The second-order valence-electron chi connectivity index (χ2n) is 9.12. The molecule has 3 aromatic carbocycles. The molecule has 6 nitrogen and oxygen atoms in total. The Morgan fingerprint density at radius 2 is 1.75 bits per heavy atom. The van der Waals surface area contributed by atoms with Crippen LogP contribution in [0.2, 0.25) is 0 Å². The number of nitriles is 1. The van der Waals surface area contributed by atoms with E-state index < -0.39 is 21.2 Å². The second kappa shape index (κ2) is 9.40. The third-order valence-corrected chi connectivity index (χ3v) is 7.17. The molecule has 0 aliphatic rings. The van der Waals surface area contributed by atoms with Gasteiger partial charge in [0.2, 0.25) is 0 Å². The molecule has 0 saturated carbocycles. The Bertz CT molecular complexity index is 1660. The van der Waals surface area contributed by atoms with Crippen molar-refractivity contribution in [3.63, 3.8) is 0 Å². The fourth-order valence-electron chi connectivity index (χ4n) is 3.95. The molecule has 1 aromatic heterocycles. The van der Waals surface area contributed by atoms with Crippen molar-refractivity contribution in [3.8, 4) is 17.2 Å². The maximum Gasteiger partial charge on any atom is 0.336 e. The molecule has 4 aromatic rings. The topological polar surface area (TPSA) is 108 Å². The molecule has 0 unspecified atom stereocenters. The Kier molecular flexibility index (Phi) is 6.49. The van der Waals surface area contributed by atoms with Crippen LogP contribution in [0.1, 0.15) is 30.5 Å². The number of aliphatic carboxylic acids is 1. The highest BCUT2D eigenvalue weighted by Gasteiger charge is 2.22. The SMILES string of the molecule is CC(C)(C#N)c1cc(-c2cccc(/C=C(/C(=O)O)c3ccc(S(C)(=O)=O)cc3)c2)c2ncccc2c1. The summed E-state index contributed by atoms with van der Waals surface area (Å²) in [5, 5.41) is 20.5. The summed E-state index contributed by atoms with van der Waals surface area (Å²) in [7, 11) is -3.39. The normalized spacial score (nSPS) is 12.3. The first-order valence-corrected chi connectivity index (χ1v) is 13.1. The lowest BCUT2D eigenvalue weighted by molar-refractivity contribution is -0.130. The lowest BCUT2D eigenvalue weighted by atomic mass is 9.83. The van der Waals surface area contributed by atoms with Gasteiger partial charge in [-0.1, -0.05) is 36.4 Å². The summed E-state index contributed by atoms with van der Waals surface area (Å²) in [6, 6.07) is 23.3. The Hall–Kier alpha value is -4.28. The van der Waals surface area contributed by atoms with E-state index in [2.05, 4.69) is 11.1 Å². The van der Waals surface area contributed by atoms with Gasteiger partial charge in [0.05, 0.1) is 27.5 Å². The van der Waals surface area contributed by atoms with E-state index in [0.717, 1.165) is 33.8 Å². The van der Waals surface area contributed by atoms with Gasteiger partial charge < -0.3 is 5.11 Å². The number of pyridine rings is 1. The summed E-state index contributed by atoms with van der Waals surface area (Å²) < 4.78 is 23.5. The van der Waals surface area contributed by atoms with Gasteiger partial charge in [0, 0.05) is 23.4 Å². The van der Waals surface area contributed by atoms with Gasteiger partial charge in [0.1, 0.15) is 0 Å². The Morgan fingerprint density at radius 1 is 1.03 bits per heavy atom. The lowest BCUT2D eigenvalue weighted by Crippen LogP contribution is -2.14. The van der Waals surface area contributed by atoms with Crippen LogP contribution in [0.3, 0.4) is 0 Å². The minimum Gasteiger partial charge on any atom is -0.478 e. The molecule has 0 atom stereocenters. The van der Waals surface area contributed by atoms with Crippen LogP contribution in [0.4, 0.5) is 0 Å². The highest BCUT2D eigenvalue weighted by Crippen LogP contribution is 2.34. The maximum absolute atomic E-state index is 12.1. The number of carboxylic acids is 1. The van der Waals surface area contributed by atoms with Crippen molar-refractivity contribution in [2.75, 3.05) is 6.26 Å². The average molecular weight is 497 g/mol. The number of rotatable bonds is 6. The van der Waals surface area contributed by atoms with Crippen molar-refractivity contribution < 1.29 is 18.3 Å². The van der Waals surface area contributed by atoms with Crippen LogP contribution in [0, 0.1) is 11.3 Å².